The minimum absolute atomic E-state index is 0.0500. The normalized spacial score (nSPS) is 14.3. The van der Waals surface area contributed by atoms with E-state index in [1.807, 2.05) is 30.3 Å². The van der Waals surface area contributed by atoms with Crippen LogP contribution in [0.4, 0.5) is 5.69 Å². The van der Waals surface area contributed by atoms with Crippen LogP contribution in [0.25, 0.3) is 5.69 Å². The van der Waals surface area contributed by atoms with E-state index < -0.39 is 0 Å². The van der Waals surface area contributed by atoms with Gasteiger partial charge in [-0.3, -0.25) is 14.3 Å². The van der Waals surface area contributed by atoms with Crippen LogP contribution >= 0.6 is 11.8 Å². The van der Waals surface area contributed by atoms with Gasteiger partial charge in [-0.2, -0.15) is 0 Å². The van der Waals surface area contributed by atoms with Crippen LogP contribution in [0.2, 0.25) is 0 Å². The third-order valence-corrected chi connectivity index (χ3v) is 6.40. The van der Waals surface area contributed by atoms with Crippen LogP contribution in [0.15, 0.2) is 59.8 Å². The second-order valence-corrected chi connectivity index (χ2v) is 9.11. The number of hydrogen-bond acceptors (Lipinski definition) is 5. The number of nitrogens with zero attached hydrogens (tertiary/aromatic N) is 4. The first-order valence-corrected chi connectivity index (χ1v) is 11.8. The molecule has 0 saturated carbocycles. The third kappa shape index (κ3) is 5.54. The topological polar surface area (TPSA) is 63.1 Å². The van der Waals surface area contributed by atoms with Crippen LogP contribution in [0.5, 0.6) is 0 Å². The van der Waals surface area contributed by atoms with E-state index in [4.69, 9.17) is 0 Å². The highest BCUT2D eigenvalue weighted by molar-refractivity contribution is 7.99. The molecule has 1 N–H and O–H groups in total. The SMILES string of the molecule is CC(C)c1ccc(NC(=O)CSc2nnc(CN3CCCC3)n2-c2ccccc2)cc1. The molecule has 4 rings (SSSR count). The average Bonchev–Trinajstić information content (AvgIpc) is 3.43. The van der Waals surface area contributed by atoms with Gasteiger partial charge in [-0.05, 0) is 61.7 Å². The molecule has 7 heteroatoms. The molecule has 162 valence electrons. The number of nitrogens with one attached hydrogen (secondary N) is 1. The Labute approximate surface area is 188 Å². The molecule has 1 aromatic heterocycles. The largest absolute Gasteiger partial charge is 0.325 e. The molecule has 0 unspecified atom stereocenters. The van der Waals surface area contributed by atoms with Crippen LogP contribution in [-0.4, -0.2) is 44.4 Å². The summed E-state index contributed by atoms with van der Waals surface area (Å²) in [7, 11) is 0. The second kappa shape index (κ2) is 10.1. The predicted octanol–water partition coefficient (Wildman–Crippen LogP) is 4.72. The molecule has 2 aromatic carbocycles. The summed E-state index contributed by atoms with van der Waals surface area (Å²) in [4.78, 5) is 14.9. The van der Waals surface area contributed by atoms with E-state index in [0.717, 1.165) is 42.0 Å². The van der Waals surface area contributed by atoms with Crippen molar-refractivity contribution in [1.29, 1.82) is 0 Å². The fourth-order valence-corrected chi connectivity index (χ4v) is 4.52. The van der Waals surface area contributed by atoms with Gasteiger partial charge in [-0.25, -0.2) is 0 Å². The molecule has 0 atom stereocenters. The number of carbonyl (C=O) groups is 1. The second-order valence-electron chi connectivity index (χ2n) is 8.17. The molecule has 1 amide bonds. The molecule has 6 nitrogen and oxygen atoms in total. The van der Waals surface area contributed by atoms with E-state index in [1.54, 1.807) is 0 Å². The fourth-order valence-electron chi connectivity index (χ4n) is 3.75. The monoisotopic (exact) mass is 435 g/mol. The van der Waals surface area contributed by atoms with Crippen molar-refractivity contribution in [2.75, 3.05) is 24.2 Å². The van der Waals surface area contributed by atoms with Crippen molar-refractivity contribution >= 4 is 23.4 Å². The van der Waals surface area contributed by atoms with E-state index in [9.17, 15) is 4.79 Å². The third-order valence-electron chi connectivity index (χ3n) is 5.47. The zero-order valence-electron chi connectivity index (χ0n) is 18.1. The van der Waals surface area contributed by atoms with Gasteiger partial charge >= 0.3 is 0 Å². The highest BCUT2D eigenvalue weighted by atomic mass is 32.2. The van der Waals surface area contributed by atoms with Crippen molar-refractivity contribution in [2.24, 2.45) is 0 Å². The standard InChI is InChI=1S/C24H29N5OS/c1-18(2)19-10-12-20(13-11-19)25-23(30)17-31-24-27-26-22(16-28-14-6-7-15-28)29(24)21-8-4-3-5-9-21/h3-5,8-13,18H,6-7,14-17H2,1-2H3,(H,25,30). The van der Waals surface area contributed by atoms with Crippen LogP contribution in [-0.2, 0) is 11.3 Å². The smallest absolute Gasteiger partial charge is 0.234 e. The molecule has 1 fully saturated rings. The first kappa shape index (κ1) is 21.6. The maximum absolute atomic E-state index is 12.5. The molecule has 3 aromatic rings. The zero-order chi connectivity index (χ0) is 21.6. The molecule has 0 radical (unpaired) electrons. The quantitative estimate of drug-likeness (QED) is 0.519. The number of para-hydroxylation sites is 1. The number of anilines is 1. The van der Waals surface area contributed by atoms with Crippen LogP contribution in [0, 0.1) is 0 Å². The van der Waals surface area contributed by atoms with Crippen molar-refractivity contribution in [3.8, 4) is 5.69 Å². The van der Waals surface area contributed by atoms with Crippen molar-refractivity contribution < 1.29 is 4.79 Å². The van der Waals surface area contributed by atoms with Gasteiger partial charge in [0.05, 0.1) is 12.3 Å². The summed E-state index contributed by atoms with van der Waals surface area (Å²) >= 11 is 1.41. The number of rotatable bonds is 8. The van der Waals surface area contributed by atoms with Gasteiger partial charge in [0.1, 0.15) is 0 Å². The Bertz CT molecular complexity index is 995. The lowest BCUT2D eigenvalue weighted by Gasteiger charge is -2.16. The predicted molar refractivity (Wildman–Crippen MR) is 126 cm³/mol. The Morgan fingerprint density at radius 2 is 1.74 bits per heavy atom. The molecule has 1 aliphatic heterocycles. The highest BCUT2D eigenvalue weighted by Gasteiger charge is 2.20. The van der Waals surface area contributed by atoms with Crippen LogP contribution < -0.4 is 5.32 Å². The van der Waals surface area contributed by atoms with Gasteiger partial charge in [0.15, 0.2) is 11.0 Å². The van der Waals surface area contributed by atoms with E-state index in [0.29, 0.717) is 5.92 Å². The molecule has 1 saturated heterocycles. The van der Waals surface area contributed by atoms with Crippen molar-refractivity contribution in [3.05, 3.63) is 66.0 Å². The van der Waals surface area contributed by atoms with Crippen molar-refractivity contribution in [1.82, 2.24) is 19.7 Å². The summed E-state index contributed by atoms with van der Waals surface area (Å²) < 4.78 is 2.08. The summed E-state index contributed by atoms with van der Waals surface area (Å²) in [5.74, 6) is 1.62. The van der Waals surface area contributed by atoms with Gasteiger partial charge in [0.2, 0.25) is 5.91 Å². The summed E-state index contributed by atoms with van der Waals surface area (Å²) in [5.41, 5.74) is 3.09. The molecule has 31 heavy (non-hydrogen) atoms. The molecule has 0 bridgehead atoms. The summed E-state index contributed by atoms with van der Waals surface area (Å²) in [6, 6.07) is 18.2. The number of amides is 1. The first-order valence-electron chi connectivity index (χ1n) is 10.8. The van der Waals surface area contributed by atoms with Gasteiger partial charge in [0, 0.05) is 11.4 Å². The molecular weight excluding hydrogens is 406 g/mol. The minimum Gasteiger partial charge on any atom is -0.325 e. The highest BCUT2D eigenvalue weighted by Crippen LogP contribution is 2.24. The summed E-state index contributed by atoms with van der Waals surface area (Å²) in [5, 5.41) is 12.6. The van der Waals surface area contributed by atoms with Crippen molar-refractivity contribution in [2.45, 2.75) is 44.3 Å². The molecule has 2 heterocycles. The van der Waals surface area contributed by atoms with Crippen LogP contribution in [0.1, 0.15) is 44.0 Å². The van der Waals surface area contributed by atoms with E-state index >= 15 is 0 Å². The number of aromatic nitrogens is 3. The fraction of sp³-hybridized carbons (Fsp3) is 0.375. The van der Waals surface area contributed by atoms with Gasteiger partial charge in [0.25, 0.3) is 0 Å². The van der Waals surface area contributed by atoms with Crippen molar-refractivity contribution in [3.63, 3.8) is 0 Å². The first-order chi connectivity index (χ1) is 15.1. The number of benzene rings is 2. The number of carbonyl (C=O) groups excluding carboxylic acids is 1. The van der Waals surface area contributed by atoms with Gasteiger partial charge < -0.3 is 5.32 Å². The lowest BCUT2D eigenvalue weighted by molar-refractivity contribution is -0.113. The maximum atomic E-state index is 12.5. The Balaban J connectivity index is 1.44. The van der Waals surface area contributed by atoms with E-state index in [1.165, 1.54) is 30.2 Å². The zero-order valence-corrected chi connectivity index (χ0v) is 18.9. The molecule has 0 spiro atoms. The number of likely N-dealkylation sites (tertiary alicyclic amines) is 1. The van der Waals surface area contributed by atoms with E-state index in [-0.39, 0.29) is 11.7 Å². The Morgan fingerprint density at radius 3 is 2.42 bits per heavy atom. The summed E-state index contributed by atoms with van der Waals surface area (Å²) in [6.45, 7) is 7.29. The minimum atomic E-state index is -0.0500. The van der Waals surface area contributed by atoms with Gasteiger partial charge in [-0.1, -0.05) is 55.9 Å². The Morgan fingerprint density at radius 1 is 1.03 bits per heavy atom. The maximum Gasteiger partial charge on any atom is 0.234 e. The molecule has 1 aliphatic rings. The number of hydrogen-bond donors (Lipinski definition) is 1. The lowest BCUT2D eigenvalue weighted by Crippen LogP contribution is -2.21. The summed E-state index contributed by atoms with van der Waals surface area (Å²) in [6.07, 6.45) is 2.47. The average molecular weight is 436 g/mol. The van der Waals surface area contributed by atoms with Crippen LogP contribution in [0.3, 0.4) is 0 Å². The Kier molecular flexibility index (Phi) is 7.04. The lowest BCUT2D eigenvalue weighted by atomic mass is 10.0. The van der Waals surface area contributed by atoms with Gasteiger partial charge in [-0.15, -0.1) is 10.2 Å². The Hall–Kier alpha value is -2.64. The molecular formula is C24H29N5OS. The molecule has 0 aliphatic carbocycles. The number of thioether (sulfide) groups is 1. The van der Waals surface area contributed by atoms with E-state index in [2.05, 4.69) is 63.1 Å².